The Kier molecular flexibility index (Phi) is 6.65. The normalized spacial score (nSPS) is 18.8. The lowest BCUT2D eigenvalue weighted by Crippen LogP contribution is -2.38. The average molecular weight is 476 g/mol. The second-order valence-corrected chi connectivity index (χ2v) is 6.63. The van der Waals surface area contributed by atoms with E-state index < -0.39 is 0 Å². The number of rotatable bonds is 6. The van der Waals surface area contributed by atoms with Crippen LogP contribution in [0.5, 0.6) is 0 Å². The number of aromatic nitrogens is 3. The van der Waals surface area contributed by atoms with Crippen LogP contribution in [0.4, 0.5) is 0 Å². The Bertz CT molecular complexity index is 892. The van der Waals surface area contributed by atoms with Crippen LogP contribution in [0.15, 0.2) is 59.7 Å². The Hall–Kier alpha value is -2.16. The van der Waals surface area contributed by atoms with Crippen molar-refractivity contribution in [1.29, 1.82) is 0 Å². The molecule has 0 amide bonds. The van der Waals surface area contributed by atoms with Crippen molar-refractivity contribution in [2.24, 2.45) is 10.9 Å². The summed E-state index contributed by atoms with van der Waals surface area (Å²) in [4.78, 5) is 4.67. The van der Waals surface area contributed by atoms with Gasteiger partial charge in [0, 0.05) is 19.3 Å². The molecule has 1 aliphatic carbocycles. The molecule has 1 fully saturated rings. The lowest BCUT2D eigenvalue weighted by molar-refractivity contribution is 0.718. The van der Waals surface area contributed by atoms with Gasteiger partial charge in [-0.1, -0.05) is 36.4 Å². The van der Waals surface area contributed by atoms with E-state index in [0.717, 1.165) is 30.5 Å². The van der Waals surface area contributed by atoms with E-state index in [2.05, 4.69) is 63.1 Å². The highest BCUT2D eigenvalue weighted by atomic mass is 127. The molecule has 27 heavy (non-hydrogen) atoms. The third-order valence-corrected chi connectivity index (χ3v) is 4.79. The molecule has 2 heterocycles. The summed E-state index contributed by atoms with van der Waals surface area (Å²) >= 11 is 0. The van der Waals surface area contributed by atoms with Gasteiger partial charge in [0.1, 0.15) is 6.54 Å². The Morgan fingerprint density at radius 3 is 2.74 bits per heavy atom. The molecule has 0 spiro atoms. The molecular formula is C20H25IN6. The standard InChI is InChI=1S/C20H24N6.HI/c1-2-21-20(22-13-16-12-17(16)15-8-4-3-5-9-15)23-14-19-25-24-18-10-6-7-11-26(18)19;/h3-11,16-17H,2,12-14H2,1H3,(H2,21,22,23);1H. The van der Waals surface area contributed by atoms with E-state index in [1.165, 1.54) is 12.0 Å². The SMILES string of the molecule is CCNC(=NCc1nnc2ccccn12)NCC1CC1c1ccccc1.I. The van der Waals surface area contributed by atoms with Crippen molar-refractivity contribution in [2.45, 2.75) is 25.8 Å². The highest BCUT2D eigenvalue weighted by molar-refractivity contribution is 14.0. The third kappa shape index (κ3) is 4.77. The topological polar surface area (TPSA) is 66.6 Å². The lowest BCUT2D eigenvalue weighted by atomic mass is 10.1. The first-order valence-corrected chi connectivity index (χ1v) is 9.21. The molecule has 6 nitrogen and oxygen atoms in total. The summed E-state index contributed by atoms with van der Waals surface area (Å²) in [6.07, 6.45) is 3.21. The minimum absolute atomic E-state index is 0. The number of fused-ring (bicyclic) bond motifs is 1. The van der Waals surface area contributed by atoms with Gasteiger partial charge in [-0.25, -0.2) is 4.99 Å². The Balaban J connectivity index is 0.00000210. The molecule has 4 rings (SSSR count). The number of hydrogen-bond acceptors (Lipinski definition) is 3. The molecular weight excluding hydrogens is 451 g/mol. The first kappa shape index (κ1) is 19.6. The molecule has 2 atom stereocenters. The van der Waals surface area contributed by atoms with E-state index in [-0.39, 0.29) is 24.0 Å². The van der Waals surface area contributed by atoms with Gasteiger partial charge in [-0.2, -0.15) is 0 Å². The summed E-state index contributed by atoms with van der Waals surface area (Å²) in [5.74, 6) is 3.02. The van der Waals surface area contributed by atoms with Gasteiger partial charge in [0.05, 0.1) is 0 Å². The van der Waals surface area contributed by atoms with Crippen LogP contribution in [0.3, 0.4) is 0 Å². The lowest BCUT2D eigenvalue weighted by Gasteiger charge is -2.11. The van der Waals surface area contributed by atoms with Crippen molar-refractivity contribution in [3.05, 3.63) is 66.1 Å². The van der Waals surface area contributed by atoms with Crippen LogP contribution in [0.2, 0.25) is 0 Å². The van der Waals surface area contributed by atoms with Crippen molar-refractivity contribution < 1.29 is 0 Å². The summed E-state index contributed by atoms with van der Waals surface area (Å²) in [5.41, 5.74) is 2.29. The summed E-state index contributed by atoms with van der Waals surface area (Å²) in [6, 6.07) is 16.6. The zero-order chi connectivity index (χ0) is 17.8. The van der Waals surface area contributed by atoms with E-state index in [1.807, 2.05) is 28.8 Å². The first-order valence-electron chi connectivity index (χ1n) is 9.21. The number of guanidine groups is 1. The Morgan fingerprint density at radius 2 is 1.93 bits per heavy atom. The molecule has 0 radical (unpaired) electrons. The number of halogens is 1. The molecule has 0 saturated heterocycles. The smallest absolute Gasteiger partial charge is 0.191 e. The van der Waals surface area contributed by atoms with Crippen molar-refractivity contribution in [3.63, 3.8) is 0 Å². The van der Waals surface area contributed by atoms with E-state index in [9.17, 15) is 0 Å². The molecule has 2 unspecified atom stereocenters. The Morgan fingerprint density at radius 1 is 1.11 bits per heavy atom. The van der Waals surface area contributed by atoms with E-state index >= 15 is 0 Å². The fourth-order valence-electron chi connectivity index (χ4n) is 3.30. The fourth-order valence-corrected chi connectivity index (χ4v) is 3.30. The van der Waals surface area contributed by atoms with Crippen molar-refractivity contribution >= 4 is 35.6 Å². The summed E-state index contributed by atoms with van der Waals surface area (Å²) in [6.45, 7) is 4.34. The highest BCUT2D eigenvalue weighted by Gasteiger charge is 2.37. The van der Waals surface area contributed by atoms with Crippen molar-refractivity contribution in [2.75, 3.05) is 13.1 Å². The maximum atomic E-state index is 4.67. The van der Waals surface area contributed by atoms with Gasteiger partial charge in [-0.15, -0.1) is 34.2 Å². The maximum absolute atomic E-state index is 4.67. The molecule has 142 valence electrons. The van der Waals surface area contributed by atoms with Crippen LogP contribution in [-0.4, -0.2) is 33.6 Å². The van der Waals surface area contributed by atoms with Gasteiger partial charge in [-0.05, 0) is 42.9 Å². The predicted molar refractivity (Wildman–Crippen MR) is 119 cm³/mol. The zero-order valence-corrected chi connectivity index (χ0v) is 17.7. The molecule has 0 aliphatic heterocycles. The molecule has 1 saturated carbocycles. The molecule has 1 aliphatic rings. The summed E-state index contributed by atoms with van der Waals surface area (Å²) in [7, 11) is 0. The quantitative estimate of drug-likeness (QED) is 0.326. The highest BCUT2D eigenvalue weighted by Crippen LogP contribution is 2.46. The predicted octanol–water partition coefficient (Wildman–Crippen LogP) is 3.21. The van der Waals surface area contributed by atoms with Gasteiger partial charge < -0.3 is 10.6 Å². The zero-order valence-electron chi connectivity index (χ0n) is 15.4. The number of nitrogens with zero attached hydrogens (tertiary/aromatic N) is 4. The minimum Gasteiger partial charge on any atom is -0.357 e. The van der Waals surface area contributed by atoms with Crippen LogP contribution in [0, 0.1) is 5.92 Å². The van der Waals surface area contributed by atoms with E-state index in [1.54, 1.807) is 0 Å². The summed E-state index contributed by atoms with van der Waals surface area (Å²) < 4.78 is 1.97. The number of pyridine rings is 1. The molecule has 7 heteroatoms. The van der Waals surface area contributed by atoms with Crippen LogP contribution in [0.1, 0.15) is 30.7 Å². The van der Waals surface area contributed by atoms with Gasteiger partial charge in [0.25, 0.3) is 0 Å². The largest absolute Gasteiger partial charge is 0.357 e. The van der Waals surface area contributed by atoms with Gasteiger partial charge in [-0.3, -0.25) is 4.40 Å². The van der Waals surface area contributed by atoms with E-state index in [0.29, 0.717) is 18.4 Å². The fraction of sp³-hybridized carbons (Fsp3) is 0.350. The van der Waals surface area contributed by atoms with Gasteiger partial charge in [0.2, 0.25) is 0 Å². The van der Waals surface area contributed by atoms with E-state index in [4.69, 9.17) is 0 Å². The number of nitrogens with one attached hydrogen (secondary N) is 2. The first-order chi connectivity index (χ1) is 12.8. The summed E-state index contributed by atoms with van der Waals surface area (Å²) in [5, 5.41) is 15.2. The van der Waals surface area contributed by atoms with Gasteiger partial charge >= 0.3 is 0 Å². The number of aliphatic imine (C=N–C) groups is 1. The molecule has 2 aromatic heterocycles. The van der Waals surface area contributed by atoms with Gasteiger partial charge in [0.15, 0.2) is 17.4 Å². The molecule has 2 N–H and O–H groups in total. The average Bonchev–Trinajstić information content (AvgIpc) is 3.36. The second-order valence-electron chi connectivity index (χ2n) is 6.63. The van der Waals surface area contributed by atoms with Crippen LogP contribution >= 0.6 is 24.0 Å². The van der Waals surface area contributed by atoms with Crippen molar-refractivity contribution in [3.8, 4) is 0 Å². The number of benzene rings is 1. The number of hydrogen-bond donors (Lipinski definition) is 2. The third-order valence-electron chi connectivity index (χ3n) is 4.79. The van der Waals surface area contributed by atoms with Crippen molar-refractivity contribution in [1.82, 2.24) is 25.2 Å². The van der Waals surface area contributed by atoms with Crippen LogP contribution in [-0.2, 0) is 6.54 Å². The molecule has 3 aromatic rings. The minimum atomic E-state index is 0. The van der Waals surface area contributed by atoms with Crippen LogP contribution < -0.4 is 10.6 Å². The monoisotopic (exact) mass is 476 g/mol. The molecule has 0 bridgehead atoms. The Labute approximate surface area is 176 Å². The second kappa shape index (κ2) is 9.16. The maximum Gasteiger partial charge on any atom is 0.191 e. The van der Waals surface area contributed by atoms with Crippen LogP contribution in [0.25, 0.3) is 5.65 Å². The molecule has 1 aromatic carbocycles.